The molecule has 3 nitrogen and oxygen atoms in total. The molecule has 1 rings (SSSR count). The van der Waals surface area contributed by atoms with Crippen LogP contribution in [-0.2, 0) is 16.0 Å². The van der Waals surface area contributed by atoms with Crippen molar-refractivity contribution in [1.82, 2.24) is 0 Å². The molecule has 0 heterocycles. The number of methoxy groups -OCH3 is 1. The largest absolute Gasteiger partial charge is 0.490 e. The van der Waals surface area contributed by atoms with E-state index in [2.05, 4.69) is 4.74 Å². The Labute approximate surface area is 112 Å². The summed E-state index contributed by atoms with van der Waals surface area (Å²) in [6, 6.07) is 5.53. The highest BCUT2D eigenvalue weighted by atomic mass is 35.5. The maximum atomic E-state index is 11.1. The second-order valence-electron chi connectivity index (χ2n) is 3.80. The fourth-order valence-corrected chi connectivity index (χ4v) is 1.67. The number of benzene rings is 1. The van der Waals surface area contributed by atoms with Gasteiger partial charge in [0.05, 0.1) is 7.11 Å². The number of ether oxygens (including phenoxy) is 2. The van der Waals surface area contributed by atoms with Gasteiger partial charge in [0.25, 0.3) is 0 Å². The van der Waals surface area contributed by atoms with E-state index in [1.165, 1.54) is 7.11 Å². The van der Waals surface area contributed by atoms with E-state index in [0.717, 1.165) is 22.8 Å². The number of hydrogen-bond donors (Lipinski definition) is 0. The first-order valence-electron chi connectivity index (χ1n) is 5.74. The number of carbonyl (C=O) groups excluding carboxylic acids is 1. The summed E-state index contributed by atoms with van der Waals surface area (Å²) in [5.41, 5.74) is 1.57. The highest BCUT2D eigenvalue weighted by Gasteiger charge is 2.03. The van der Waals surface area contributed by atoms with Gasteiger partial charge in [0.15, 0.2) is 0 Å². The Morgan fingerprint density at radius 2 is 2.17 bits per heavy atom. The van der Waals surface area contributed by atoms with Gasteiger partial charge < -0.3 is 9.47 Å². The summed E-state index contributed by atoms with van der Waals surface area (Å²) in [7, 11) is 1.35. The molecule has 0 aliphatic rings. The third-order valence-electron chi connectivity index (χ3n) is 2.54. The molecule has 0 N–H and O–H groups in total. The summed E-state index contributed by atoms with van der Waals surface area (Å²) < 4.78 is 10.1. The van der Waals surface area contributed by atoms with Gasteiger partial charge >= 0.3 is 5.97 Å². The summed E-state index contributed by atoms with van der Waals surface area (Å²) >= 11 is 6.01. The number of halogens is 1. The molecule has 18 heavy (non-hydrogen) atoms. The molecule has 1 aromatic carbocycles. The maximum Gasteiger partial charge on any atom is 0.333 e. The van der Waals surface area contributed by atoms with Crippen LogP contribution in [-0.4, -0.2) is 19.7 Å². The van der Waals surface area contributed by atoms with Gasteiger partial charge in [-0.15, -0.1) is 0 Å². The van der Waals surface area contributed by atoms with Crippen molar-refractivity contribution in [2.24, 2.45) is 0 Å². The minimum atomic E-state index is -0.344. The first kappa shape index (κ1) is 14.6. The minimum Gasteiger partial charge on any atom is -0.490 e. The fraction of sp³-hybridized carbons (Fsp3) is 0.357. The third-order valence-corrected chi connectivity index (χ3v) is 2.91. The van der Waals surface area contributed by atoms with Crippen LogP contribution in [0.4, 0.5) is 0 Å². The van der Waals surface area contributed by atoms with Crippen LogP contribution in [0.2, 0.25) is 5.02 Å². The van der Waals surface area contributed by atoms with Crippen molar-refractivity contribution in [2.45, 2.75) is 20.3 Å². The number of esters is 1. The van der Waals surface area contributed by atoms with Crippen molar-refractivity contribution >= 4 is 17.6 Å². The molecule has 0 aromatic heterocycles. The minimum absolute atomic E-state index is 0.325. The van der Waals surface area contributed by atoms with Crippen molar-refractivity contribution in [2.75, 3.05) is 13.7 Å². The molecule has 1 aromatic rings. The standard InChI is InChI=1S/C14H17ClO3/c1-4-11-9-12(5-6-13(11)15)18-8-7-10(2)14(16)17-3/h5-7,9H,4,8H2,1-3H3. The molecule has 0 saturated heterocycles. The van der Waals surface area contributed by atoms with Crippen molar-refractivity contribution in [3.8, 4) is 5.75 Å². The lowest BCUT2D eigenvalue weighted by Crippen LogP contribution is -2.04. The van der Waals surface area contributed by atoms with E-state index in [0.29, 0.717) is 12.2 Å². The molecule has 0 aliphatic heterocycles. The zero-order valence-corrected chi connectivity index (χ0v) is 11.6. The van der Waals surface area contributed by atoms with Gasteiger partial charge in [-0.1, -0.05) is 18.5 Å². The number of carbonyl (C=O) groups is 1. The highest BCUT2D eigenvalue weighted by molar-refractivity contribution is 6.31. The molecule has 0 spiro atoms. The summed E-state index contributed by atoms with van der Waals surface area (Å²) in [5.74, 6) is 0.397. The normalized spacial score (nSPS) is 11.2. The molecule has 0 saturated carbocycles. The Balaban J connectivity index is 2.61. The third kappa shape index (κ3) is 4.08. The monoisotopic (exact) mass is 268 g/mol. The van der Waals surface area contributed by atoms with Crippen molar-refractivity contribution in [3.05, 3.63) is 40.4 Å². The highest BCUT2D eigenvalue weighted by Crippen LogP contribution is 2.22. The summed E-state index contributed by atoms with van der Waals surface area (Å²) in [5, 5.41) is 0.742. The van der Waals surface area contributed by atoms with E-state index < -0.39 is 0 Å². The molecular formula is C14H17ClO3. The molecule has 0 aliphatic carbocycles. The van der Waals surface area contributed by atoms with Gasteiger partial charge in [-0.2, -0.15) is 0 Å². The van der Waals surface area contributed by atoms with Crippen LogP contribution in [0.1, 0.15) is 19.4 Å². The second-order valence-corrected chi connectivity index (χ2v) is 4.20. The second kappa shape index (κ2) is 7.07. The van der Waals surface area contributed by atoms with Crippen LogP contribution in [0.25, 0.3) is 0 Å². The zero-order valence-electron chi connectivity index (χ0n) is 10.8. The predicted molar refractivity (Wildman–Crippen MR) is 72.1 cm³/mol. The van der Waals surface area contributed by atoms with Gasteiger partial charge in [-0.25, -0.2) is 4.79 Å². The fourth-order valence-electron chi connectivity index (χ4n) is 1.42. The summed E-state index contributed by atoms with van der Waals surface area (Å²) in [6.45, 7) is 4.05. The van der Waals surface area contributed by atoms with Crippen LogP contribution in [0.5, 0.6) is 5.75 Å². The Kier molecular flexibility index (Phi) is 5.72. The lowest BCUT2D eigenvalue weighted by atomic mass is 10.1. The molecule has 0 amide bonds. The lowest BCUT2D eigenvalue weighted by molar-refractivity contribution is -0.136. The van der Waals surface area contributed by atoms with Crippen LogP contribution in [0.3, 0.4) is 0 Å². The topological polar surface area (TPSA) is 35.5 Å². The molecule has 98 valence electrons. The van der Waals surface area contributed by atoms with Gasteiger partial charge in [0.1, 0.15) is 12.4 Å². The molecule has 0 atom stereocenters. The van der Waals surface area contributed by atoms with Gasteiger partial charge in [-0.05, 0) is 43.2 Å². The summed E-state index contributed by atoms with van der Waals surface area (Å²) in [4.78, 5) is 11.1. The van der Waals surface area contributed by atoms with E-state index in [1.54, 1.807) is 13.0 Å². The van der Waals surface area contributed by atoms with Crippen molar-refractivity contribution < 1.29 is 14.3 Å². The summed E-state index contributed by atoms with van der Waals surface area (Å²) in [6.07, 6.45) is 2.54. The Hall–Kier alpha value is -1.48. The lowest BCUT2D eigenvalue weighted by Gasteiger charge is -2.07. The molecule has 4 heteroatoms. The van der Waals surface area contributed by atoms with E-state index >= 15 is 0 Å². The molecule has 0 fully saturated rings. The van der Waals surface area contributed by atoms with Crippen LogP contribution in [0.15, 0.2) is 29.8 Å². The Morgan fingerprint density at radius 3 is 2.78 bits per heavy atom. The van der Waals surface area contributed by atoms with Gasteiger partial charge in [0, 0.05) is 10.6 Å². The van der Waals surface area contributed by atoms with Crippen LogP contribution in [0, 0.1) is 0 Å². The average Bonchev–Trinajstić information content (AvgIpc) is 2.39. The number of aryl methyl sites for hydroxylation is 1. The van der Waals surface area contributed by atoms with E-state index in [1.807, 2.05) is 25.1 Å². The average molecular weight is 269 g/mol. The van der Waals surface area contributed by atoms with Crippen LogP contribution >= 0.6 is 11.6 Å². The quantitative estimate of drug-likeness (QED) is 0.606. The number of hydrogen-bond acceptors (Lipinski definition) is 3. The maximum absolute atomic E-state index is 11.1. The smallest absolute Gasteiger partial charge is 0.333 e. The first-order valence-corrected chi connectivity index (χ1v) is 6.12. The zero-order chi connectivity index (χ0) is 13.5. The Morgan fingerprint density at radius 1 is 1.44 bits per heavy atom. The molecule has 0 radical (unpaired) electrons. The molecule has 0 unspecified atom stereocenters. The van der Waals surface area contributed by atoms with Crippen molar-refractivity contribution in [1.29, 1.82) is 0 Å². The van der Waals surface area contributed by atoms with Crippen LogP contribution < -0.4 is 4.74 Å². The first-order chi connectivity index (χ1) is 8.58. The Bertz CT molecular complexity index is 452. The number of rotatable bonds is 5. The van der Waals surface area contributed by atoms with E-state index in [4.69, 9.17) is 16.3 Å². The van der Waals surface area contributed by atoms with E-state index in [9.17, 15) is 4.79 Å². The predicted octanol–water partition coefficient (Wildman–Crippen LogP) is 3.40. The molecule has 0 bridgehead atoms. The van der Waals surface area contributed by atoms with Gasteiger partial charge in [0.2, 0.25) is 0 Å². The van der Waals surface area contributed by atoms with Crippen molar-refractivity contribution in [3.63, 3.8) is 0 Å². The SMILES string of the molecule is CCc1cc(OCC=C(C)C(=O)OC)ccc1Cl. The van der Waals surface area contributed by atoms with E-state index in [-0.39, 0.29) is 5.97 Å². The van der Waals surface area contributed by atoms with Gasteiger partial charge in [-0.3, -0.25) is 0 Å². The molecular weight excluding hydrogens is 252 g/mol.